The number of ether oxygens (including phenoxy) is 1. The zero-order valence-corrected chi connectivity index (χ0v) is 14.3. The van der Waals surface area contributed by atoms with Gasteiger partial charge in [0, 0.05) is 19.0 Å². The quantitative estimate of drug-likeness (QED) is 0.812. The molecule has 0 bridgehead atoms. The predicted molar refractivity (Wildman–Crippen MR) is 91.4 cm³/mol. The van der Waals surface area contributed by atoms with E-state index in [2.05, 4.69) is 46.0 Å². The molecule has 1 atom stereocenters. The van der Waals surface area contributed by atoms with Crippen LogP contribution in [0.2, 0.25) is 0 Å². The van der Waals surface area contributed by atoms with Crippen molar-refractivity contribution in [2.24, 2.45) is 0 Å². The first kappa shape index (κ1) is 15.4. The molecule has 1 unspecified atom stereocenters. The SMILES string of the molecule is CCN1CC(CN(C)Cc2nc(C3CC3)no2)Oc2ccccc21. The molecule has 1 aliphatic carbocycles. The van der Waals surface area contributed by atoms with Crippen LogP contribution in [0.1, 0.15) is 37.4 Å². The van der Waals surface area contributed by atoms with Crippen molar-refractivity contribution in [2.75, 3.05) is 31.6 Å². The van der Waals surface area contributed by atoms with Crippen LogP contribution in [0.4, 0.5) is 5.69 Å². The van der Waals surface area contributed by atoms with Gasteiger partial charge in [-0.25, -0.2) is 0 Å². The molecule has 0 radical (unpaired) electrons. The molecule has 2 heterocycles. The van der Waals surface area contributed by atoms with E-state index >= 15 is 0 Å². The molecule has 2 aromatic rings. The van der Waals surface area contributed by atoms with Crippen molar-refractivity contribution >= 4 is 5.69 Å². The largest absolute Gasteiger partial charge is 0.485 e. The first-order chi connectivity index (χ1) is 11.7. The molecular weight excluding hydrogens is 304 g/mol. The Labute approximate surface area is 142 Å². The summed E-state index contributed by atoms with van der Waals surface area (Å²) in [5, 5.41) is 4.08. The van der Waals surface area contributed by atoms with Gasteiger partial charge in [0.1, 0.15) is 11.9 Å². The molecule has 0 saturated heterocycles. The summed E-state index contributed by atoms with van der Waals surface area (Å²) in [6.45, 7) is 5.55. The fourth-order valence-corrected chi connectivity index (χ4v) is 3.26. The maximum atomic E-state index is 6.18. The summed E-state index contributed by atoms with van der Waals surface area (Å²) in [6.07, 6.45) is 2.52. The van der Waals surface area contributed by atoms with Gasteiger partial charge >= 0.3 is 0 Å². The molecule has 0 amide bonds. The molecule has 1 aromatic heterocycles. The molecule has 4 rings (SSSR count). The van der Waals surface area contributed by atoms with Crippen LogP contribution in [0, 0.1) is 0 Å². The number of rotatable bonds is 6. The van der Waals surface area contributed by atoms with Crippen molar-refractivity contribution < 1.29 is 9.26 Å². The number of hydrogen-bond acceptors (Lipinski definition) is 6. The second kappa shape index (κ2) is 6.43. The van der Waals surface area contributed by atoms with E-state index < -0.39 is 0 Å². The number of nitrogens with zero attached hydrogens (tertiary/aromatic N) is 4. The monoisotopic (exact) mass is 328 g/mol. The fraction of sp³-hybridized carbons (Fsp3) is 0.556. The predicted octanol–water partition coefficient (Wildman–Crippen LogP) is 2.67. The Morgan fingerprint density at radius 2 is 2.12 bits per heavy atom. The van der Waals surface area contributed by atoms with Gasteiger partial charge in [0.05, 0.1) is 18.8 Å². The topological polar surface area (TPSA) is 54.6 Å². The maximum Gasteiger partial charge on any atom is 0.240 e. The summed E-state index contributed by atoms with van der Waals surface area (Å²) < 4.78 is 11.5. The molecule has 1 saturated carbocycles. The fourth-order valence-electron chi connectivity index (χ4n) is 3.26. The summed E-state index contributed by atoms with van der Waals surface area (Å²) in [4.78, 5) is 9.06. The van der Waals surface area contributed by atoms with Crippen LogP contribution < -0.4 is 9.64 Å². The van der Waals surface area contributed by atoms with Crippen molar-refractivity contribution in [1.82, 2.24) is 15.0 Å². The molecule has 2 aliphatic rings. The van der Waals surface area contributed by atoms with E-state index in [1.165, 1.54) is 18.5 Å². The highest BCUT2D eigenvalue weighted by Crippen LogP contribution is 2.38. The maximum absolute atomic E-state index is 6.18. The van der Waals surface area contributed by atoms with Gasteiger partial charge in [0.15, 0.2) is 5.82 Å². The molecule has 6 heteroatoms. The zero-order valence-electron chi connectivity index (χ0n) is 14.3. The Morgan fingerprint density at radius 1 is 1.29 bits per heavy atom. The standard InChI is InChI=1S/C18H24N4O2/c1-3-22-11-14(23-16-7-5-4-6-15(16)22)10-21(2)12-17-19-18(20-24-17)13-8-9-13/h4-7,13-14H,3,8-12H2,1-2H3. The second-order valence-corrected chi connectivity index (χ2v) is 6.76. The lowest BCUT2D eigenvalue weighted by Crippen LogP contribution is -2.45. The van der Waals surface area contributed by atoms with Crippen molar-refractivity contribution in [3.63, 3.8) is 0 Å². The van der Waals surface area contributed by atoms with Crippen LogP contribution in [0.3, 0.4) is 0 Å². The minimum atomic E-state index is 0.135. The average molecular weight is 328 g/mol. The first-order valence-corrected chi connectivity index (χ1v) is 8.74. The number of fused-ring (bicyclic) bond motifs is 1. The first-order valence-electron chi connectivity index (χ1n) is 8.74. The highest BCUT2D eigenvalue weighted by atomic mass is 16.5. The van der Waals surface area contributed by atoms with E-state index in [-0.39, 0.29) is 6.10 Å². The average Bonchev–Trinajstić information content (AvgIpc) is 3.34. The molecule has 24 heavy (non-hydrogen) atoms. The Balaban J connectivity index is 1.37. The van der Waals surface area contributed by atoms with E-state index in [1.807, 2.05) is 12.1 Å². The van der Waals surface area contributed by atoms with Gasteiger partial charge in [-0.05, 0) is 38.9 Å². The lowest BCUT2D eigenvalue weighted by molar-refractivity contribution is 0.133. The van der Waals surface area contributed by atoms with Crippen LogP contribution in [0.25, 0.3) is 0 Å². The van der Waals surface area contributed by atoms with Crippen molar-refractivity contribution in [2.45, 2.75) is 38.3 Å². The summed E-state index contributed by atoms with van der Waals surface area (Å²) in [6, 6.07) is 8.25. The molecule has 6 nitrogen and oxygen atoms in total. The van der Waals surface area contributed by atoms with Crippen LogP contribution >= 0.6 is 0 Å². The summed E-state index contributed by atoms with van der Waals surface area (Å²) in [5.41, 5.74) is 1.19. The van der Waals surface area contributed by atoms with Gasteiger partial charge in [-0.1, -0.05) is 17.3 Å². The van der Waals surface area contributed by atoms with Crippen molar-refractivity contribution in [1.29, 1.82) is 0 Å². The van der Waals surface area contributed by atoms with E-state index in [0.29, 0.717) is 18.4 Å². The normalized spacial score (nSPS) is 20.1. The van der Waals surface area contributed by atoms with Gasteiger partial charge in [0.2, 0.25) is 5.89 Å². The van der Waals surface area contributed by atoms with E-state index in [0.717, 1.165) is 31.2 Å². The summed E-state index contributed by atoms with van der Waals surface area (Å²) in [5.74, 6) is 3.07. The molecule has 0 spiro atoms. The lowest BCUT2D eigenvalue weighted by atomic mass is 10.2. The Kier molecular flexibility index (Phi) is 4.14. The van der Waals surface area contributed by atoms with E-state index in [4.69, 9.17) is 9.26 Å². The lowest BCUT2D eigenvalue weighted by Gasteiger charge is -2.37. The second-order valence-electron chi connectivity index (χ2n) is 6.76. The molecule has 1 aliphatic heterocycles. The van der Waals surface area contributed by atoms with Crippen LogP contribution in [0.5, 0.6) is 5.75 Å². The van der Waals surface area contributed by atoms with Gasteiger partial charge in [-0.15, -0.1) is 0 Å². The van der Waals surface area contributed by atoms with Gasteiger partial charge < -0.3 is 14.2 Å². The molecule has 0 N–H and O–H groups in total. The van der Waals surface area contributed by atoms with E-state index in [9.17, 15) is 0 Å². The van der Waals surface area contributed by atoms with Crippen molar-refractivity contribution in [3.8, 4) is 5.75 Å². The summed E-state index contributed by atoms with van der Waals surface area (Å²) in [7, 11) is 2.07. The zero-order chi connectivity index (χ0) is 16.5. The number of aromatic nitrogens is 2. The van der Waals surface area contributed by atoms with Gasteiger partial charge in [-0.3, -0.25) is 4.90 Å². The van der Waals surface area contributed by atoms with Crippen molar-refractivity contribution in [3.05, 3.63) is 36.0 Å². The number of anilines is 1. The Morgan fingerprint density at radius 3 is 2.92 bits per heavy atom. The Hall–Kier alpha value is -2.08. The highest BCUT2D eigenvalue weighted by Gasteiger charge is 2.29. The summed E-state index contributed by atoms with van der Waals surface area (Å²) >= 11 is 0. The Bertz CT molecular complexity index is 698. The number of likely N-dealkylation sites (N-methyl/N-ethyl adjacent to an activating group) is 2. The minimum Gasteiger partial charge on any atom is -0.485 e. The number of benzene rings is 1. The number of hydrogen-bond donors (Lipinski definition) is 0. The molecule has 1 aromatic carbocycles. The molecule has 1 fully saturated rings. The number of para-hydroxylation sites is 2. The molecule has 128 valence electrons. The van der Waals surface area contributed by atoms with E-state index in [1.54, 1.807) is 0 Å². The third-order valence-corrected chi connectivity index (χ3v) is 4.65. The van der Waals surface area contributed by atoms with Crippen LogP contribution in [-0.2, 0) is 6.54 Å². The molecular formula is C18H24N4O2. The van der Waals surface area contributed by atoms with Crippen LogP contribution in [-0.4, -0.2) is 47.8 Å². The van der Waals surface area contributed by atoms with Gasteiger partial charge in [0.25, 0.3) is 0 Å². The highest BCUT2D eigenvalue weighted by molar-refractivity contribution is 5.60. The minimum absolute atomic E-state index is 0.135. The third-order valence-electron chi connectivity index (χ3n) is 4.65. The van der Waals surface area contributed by atoms with Gasteiger partial charge in [-0.2, -0.15) is 4.98 Å². The third kappa shape index (κ3) is 3.24. The smallest absolute Gasteiger partial charge is 0.240 e. The van der Waals surface area contributed by atoms with Crippen LogP contribution in [0.15, 0.2) is 28.8 Å².